The van der Waals surface area contributed by atoms with Crippen LogP contribution in [0.25, 0.3) is 10.9 Å². The summed E-state index contributed by atoms with van der Waals surface area (Å²) in [5, 5.41) is 14.4. The lowest BCUT2D eigenvalue weighted by Gasteiger charge is -2.35. The van der Waals surface area contributed by atoms with Crippen molar-refractivity contribution in [1.29, 1.82) is 0 Å². The maximum atomic E-state index is 13.4. The van der Waals surface area contributed by atoms with E-state index in [-0.39, 0.29) is 93.1 Å². The maximum Gasteiger partial charge on any atom is 0.264 e. The van der Waals surface area contributed by atoms with Crippen molar-refractivity contribution in [3.63, 3.8) is 0 Å². The molecule has 2 fully saturated rings. The third-order valence-corrected chi connectivity index (χ3v) is 10.2. The van der Waals surface area contributed by atoms with E-state index in [1.54, 1.807) is 40.1 Å². The number of nitrogens with zero attached hydrogens (tertiary/aromatic N) is 4. The number of anilines is 3. The van der Waals surface area contributed by atoms with Crippen LogP contribution in [-0.2, 0) is 19.2 Å². The molecule has 4 aromatic rings. The lowest BCUT2D eigenvalue weighted by atomic mass is 10.0. The lowest BCUT2D eigenvalue weighted by molar-refractivity contribution is -0.138. The highest BCUT2D eigenvalue weighted by atomic mass is 16.2. The molecule has 3 aliphatic rings. The van der Waals surface area contributed by atoms with Crippen molar-refractivity contribution in [2.75, 3.05) is 56.9 Å². The number of fused-ring (bicyclic) bond motifs is 2. The van der Waals surface area contributed by atoms with Crippen molar-refractivity contribution in [1.82, 2.24) is 35.6 Å². The third-order valence-electron chi connectivity index (χ3n) is 10.2. The topological polar surface area (TPSA) is 219 Å². The normalized spacial score (nSPS) is 16.6. The Hall–Kier alpha value is -7.17. The number of aromatic nitrogens is 1. The number of pyridine rings is 1. The number of rotatable bonds is 11. The summed E-state index contributed by atoms with van der Waals surface area (Å²) in [4.78, 5) is 111. The third kappa shape index (κ3) is 7.85. The SMILES string of the molecule is CNC(=O)c1cnc2ccc(C(=O)NCCC(=O)N3CCN(C(=O)CNc4cccc5c4C(=O)N(C4CCC(=O)NC4=O)C5=O)CC3)cc2c1Nc1ccccc1. The molecular formula is C40H39N9O8. The number of piperazine rings is 1. The Morgan fingerprint density at radius 2 is 1.58 bits per heavy atom. The molecule has 0 bridgehead atoms. The maximum absolute atomic E-state index is 13.4. The smallest absolute Gasteiger partial charge is 0.264 e. The van der Waals surface area contributed by atoms with Crippen molar-refractivity contribution in [2.45, 2.75) is 25.3 Å². The molecule has 1 atom stereocenters. The van der Waals surface area contributed by atoms with Gasteiger partial charge in [0.15, 0.2) is 0 Å². The molecule has 0 spiro atoms. The highest BCUT2D eigenvalue weighted by Gasteiger charge is 2.45. The average Bonchev–Trinajstić information content (AvgIpc) is 3.48. The first kappa shape index (κ1) is 38.1. The highest BCUT2D eigenvalue weighted by Crippen LogP contribution is 2.33. The van der Waals surface area contributed by atoms with Gasteiger partial charge in [-0.1, -0.05) is 24.3 Å². The number of carbonyl (C=O) groups excluding carboxylic acids is 8. The zero-order valence-electron chi connectivity index (χ0n) is 30.9. The fraction of sp³-hybridized carbons (Fsp3) is 0.275. The molecule has 7 rings (SSSR count). The monoisotopic (exact) mass is 773 g/mol. The molecule has 17 heteroatoms. The molecule has 292 valence electrons. The second-order valence-corrected chi connectivity index (χ2v) is 13.6. The molecule has 8 amide bonds. The standard InChI is InChI=1S/C40H39N9O8/c1-41-37(54)27-21-43-28-11-10-23(20-26(28)35(27)45-24-6-3-2-4-7-24)36(53)42-15-14-32(51)47-16-18-48(19-17-47)33(52)22-44-29-9-5-8-25-34(29)40(57)49(39(25)56)30-12-13-31(50)46-38(30)55/h2-11,20-21,30,44H,12-19,22H2,1H3,(H,41,54)(H,42,53)(H,43,45)(H,46,50,55). The molecule has 0 saturated carbocycles. The molecule has 4 heterocycles. The van der Waals surface area contributed by atoms with E-state index in [4.69, 9.17) is 0 Å². The van der Waals surface area contributed by atoms with Crippen LogP contribution in [0.2, 0.25) is 0 Å². The number of benzene rings is 3. The van der Waals surface area contributed by atoms with Gasteiger partial charge in [0, 0.05) is 81.1 Å². The van der Waals surface area contributed by atoms with E-state index in [1.165, 1.54) is 19.3 Å². The minimum Gasteiger partial charge on any atom is -0.375 e. The summed E-state index contributed by atoms with van der Waals surface area (Å²) >= 11 is 0. The minimum absolute atomic E-state index is 0.00219. The molecule has 3 aromatic carbocycles. The Morgan fingerprint density at radius 1 is 0.842 bits per heavy atom. The minimum atomic E-state index is -1.11. The molecule has 1 aromatic heterocycles. The molecule has 57 heavy (non-hydrogen) atoms. The van der Waals surface area contributed by atoms with Gasteiger partial charge in [-0.05, 0) is 48.9 Å². The van der Waals surface area contributed by atoms with Gasteiger partial charge in [0.05, 0.1) is 34.4 Å². The van der Waals surface area contributed by atoms with Crippen LogP contribution in [0.4, 0.5) is 17.1 Å². The van der Waals surface area contributed by atoms with Crippen molar-refractivity contribution < 1.29 is 38.4 Å². The van der Waals surface area contributed by atoms with Gasteiger partial charge in [0.25, 0.3) is 23.6 Å². The van der Waals surface area contributed by atoms with E-state index >= 15 is 0 Å². The summed E-state index contributed by atoms with van der Waals surface area (Å²) in [6.45, 7) is 1.01. The summed E-state index contributed by atoms with van der Waals surface area (Å²) in [5.74, 6) is -3.70. The molecule has 5 N–H and O–H groups in total. The van der Waals surface area contributed by atoms with E-state index in [0.717, 1.165) is 10.6 Å². The highest BCUT2D eigenvalue weighted by molar-refractivity contribution is 6.25. The molecule has 2 saturated heterocycles. The molecule has 0 radical (unpaired) electrons. The molecular weight excluding hydrogens is 734 g/mol. The van der Waals surface area contributed by atoms with E-state index in [9.17, 15) is 38.4 Å². The number of carbonyl (C=O) groups is 8. The van der Waals surface area contributed by atoms with Crippen LogP contribution in [0, 0.1) is 0 Å². The van der Waals surface area contributed by atoms with Crippen LogP contribution in [0.15, 0.2) is 72.9 Å². The summed E-state index contributed by atoms with van der Waals surface area (Å²) in [6, 6.07) is 17.8. The second-order valence-electron chi connectivity index (χ2n) is 13.6. The second kappa shape index (κ2) is 16.3. The van der Waals surface area contributed by atoms with Crippen LogP contribution in [0.3, 0.4) is 0 Å². The summed E-state index contributed by atoms with van der Waals surface area (Å²) in [6.07, 6.45) is 1.55. The van der Waals surface area contributed by atoms with Crippen LogP contribution in [0.1, 0.15) is 60.7 Å². The molecule has 17 nitrogen and oxygen atoms in total. The fourth-order valence-corrected chi connectivity index (χ4v) is 7.13. The van der Waals surface area contributed by atoms with Crippen LogP contribution < -0.4 is 26.6 Å². The van der Waals surface area contributed by atoms with Gasteiger partial charge in [-0.15, -0.1) is 0 Å². The van der Waals surface area contributed by atoms with Gasteiger partial charge < -0.3 is 31.1 Å². The van der Waals surface area contributed by atoms with Gasteiger partial charge >= 0.3 is 0 Å². The van der Waals surface area contributed by atoms with E-state index in [2.05, 4.69) is 31.6 Å². The Morgan fingerprint density at radius 3 is 2.30 bits per heavy atom. The van der Waals surface area contributed by atoms with Crippen molar-refractivity contribution in [3.05, 3.63) is 95.2 Å². The quantitative estimate of drug-likeness (QED) is 0.138. The number of piperidine rings is 1. The van der Waals surface area contributed by atoms with Gasteiger partial charge in [0.1, 0.15) is 6.04 Å². The van der Waals surface area contributed by atoms with Gasteiger partial charge in [-0.3, -0.25) is 53.6 Å². The number of nitrogens with one attached hydrogen (secondary N) is 5. The van der Waals surface area contributed by atoms with Crippen LogP contribution in [-0.4, -0.2) is 119 Å². The van der Waals surface area contributed by atoms with E-state index in [1.807, 2.05) is 30.3 Å². The number of hydrogen-bond acceptors (Lipinski definition) is 11. The number of amides is 8. The lowest BCUT2D eigenvalue weighted by Crippen LogP contribution is -2.54. The zero-order valence-corrected chi connectivity index (χ0v) is 30.9. The van der Waals surface area contributed by atoms with Gasteiger partial charge in [0.2, 0.25) is 23.6 Å². The first-order valence-corrected chi connectivity index (χ1v) is 18.4. The first-order chi connectivity index (χ1) is 27.5. The summed E-state index contributed by atoms with van der Waals surface area (Å²) in [7, 11) is 1.53. The summed E-state index contributed by atoms with van der Waals surface area (Å²) < 4.78 is 0. The Labute approximate surface area is 326 Å². The number of imide groups is 2. The predicted molar refractivity (Wildman–Crippen MR) is 207 cm³/mol. The largest absolute Gasteiger partial charge is 0.375 e. The molecule has 0 aliphatic carbocycles. The zero-order chi connectivity index (χ0) is 40.2. The number of para-hydroxylation sites is 1. The first-order valence-electron chi connectivity index (χ1n) is 18.4. The fourth-order valence-electron chi connectivity index (χ4n) is 7.13. The predicted octanol–water partition coefficient (Wildman–Crippen LogP) is 1.64. The van der Waals surface area contributed by atoms with Crippen molar-refractivity contribution in [2.24, 2.45) is 0 Å². The summed E-state index contributed by atoms with van der Waals surface area (Å²) in [5.41, 5.74) is 2.88. The Bertz CT molecular complexity index is 2320. The van der Waals surface area contributed by atoms with Crippen molar-refractivity contribution >= 4 is 75.2 Å². The van der Waals surface area contributed by atoms with Crippen molar-refractivity contribution in [3.8, 4) is 0 Å². The number of hydrogen-bond donors (Lipinski definition) is 5. The van der Waals surface area contributed by atoms with E-state index < -0.39 is 35.6 Å². The van der Waals surface area contributed by atoms with Gasteiger partial charge in [-0.25, -0.2) is 0 Å². The average molecular weight is 774 g/mol. The van der Waals surface area contributed by atoms with Gasteiger partial charge in [-0.2, -0.15) is 0 Å². The molecule has 1 unspecified atom stereocenters. The Kier molecular flexibility index (Phi) is 10.9. The Balaban J connectivity index is 0.903. The molecule has 3 aliphatic heterocycles. The van der Waals surface area contributed by atoms with Crippen LogP contribution >= 0.6 is 0 Å². The van der Waals surface area contributed by atoms with E-state index in [0.29, 0.717) is 27.7 Å². The van der Waals surface area contributed by atoms with Crippen LogP contribution in [0.5, 0.6) is 0 Å².